The van der Waals surface area contributed by atoms with Crippen LogP contribution >= 0.6 is 0 Å². The number of ether oxygens (including phenoxy) is 1. The first-order valence-corrected chi connectivity index (χ1v) is 6.79. The van der Waals surface area contributed by atoms with Crippen LogP contribution in [0.4, 0.5) is 0 Å². The molecule has 0 radical (unpaired) electrons. The third kappa shape index (κ3) is 2.31. The average Bonchev–Trinajstić information content (AvgIpc) is 2.95. The standard InChI is InChI=1S/C17H13N3O/c1-2-6-16-13(5-1)9-15(10-18-16)21-12-14-11-20-8-4-3-7-17(20)19-14/h1-11H,12H2. The average molecular weight is 275 g/mol. The highest BCUT2D eigenvalue weighted by Gasteiger charge is 2.03. The van der Waals surface area contributed by atoms with Gasteiger partial charge < -0.3 is 9.14 Å². The number of pyridine rings is 2. The maximum atomic E-state index is 5.79. The van der Waals surface area contributed by atoms with Gasteiger partial charge in [-0.2, -0.15) is 0 Å². The van der Waals surface area contributed by atoms with Crippen molar-refractivity contribution in [1.29, 1.82) is 0 Å². The third-order valence-electron chi connectivity index (χ3n) is 3.37. The van der Waals surface area contributed by atoms with Crippen LogP contribution in [0.3, 0.4) is 0 Å². The van der Waals surface area contributed by atoms with Gasteiger partial charge in [-0.15, -0.1) is 0 Å². The maximum absolute atomic E-state index is 5.79. The van der Waals surface area contributed by atoms with Crippen LogP contribution in [0.2, 0.25) is 0 Å². The smallest absolute Gasteiger partial charge is 0.138 e. The molecule has 3 heterocycles. The number of rotatable bonds is 3. The van der Waals surface area contributed by atoms with Gasteiger partial charge >= 0.3 is 0 Å². The van der Waals surface area contributed by atoms with Gasteiger partial charge in [-0.1, -0.05) is 24.3 Å². The summed E-state index contributed by atoms with van der Waals surface area (Å²) in [6, 6.07) is 15.9. The van der Waals surface area contributed by atoms with Gasteiger partial charge in [0.2, 0.25) is 0 Å². The highest BCUT2D eigenvalue weighted by atomic mass is 16.5. The number of benzene rings is 1. The highest BCUT2D eigenvalue weighted by Crippen LogP contribution is 2.18. The van der Waals surface area contributed by atoms with Gasteiger partial charge in [0.05, 0.1) is 17.4 Å². The molecule has 4 aromatic rings. The molecule has 0 N–H and O–H groups in total. The van der Waals surface area contributed by atoms with Crippen LogP contribution in [0.5, 0.6) is 5.75 Å². The van der Waals surface area contributed by atoms with E-state index in [9.17, 15) is 0 Å². The van der Waals surface area contributed by atoms with Crippen LogP contribution in [0.25, 0.3) is 16.6 Å². The summed E-state index contributed by atoms with van der Waals surface area (Å²) in [6.45, 7) is 0.432. The molecule has 0 saturated carbocycles. The molecule has 0 amide bonds. The summed E-state index contributed by atoms with van der Waals surface area (Å²) in [5.41, 5.74) is 2.79. The maximum Gasteiger partial charge on any atom is 0.138 e. The Hall–Kier alpha value is -2.88. The number of hydrogen-bond donors (Lipinski definition) is 0. The van der Waals surface area contributed by atoms with Gasteiger partial charge in [-0.25, -0.2) is 4.98 Å². The first-order valence-electron chi connectivity index (χ1n) is 6.79. The van der Waals surface area contributed by atoms with Crippen LogP contribution in [0.15, 0.2) is 67.1 Å². The fourth-order valence-corrected chi connectivity index (χ4v) is 2.34. The van der Waals surface area contributed by atoms with Crippen molar-refractivity contribution in [3.05, 3.63) is 72.8 Å². The fourth-order valence-electron chi connectivity index (χ4n) is 2.34. The number of hydrogen-bond acceptors (Lipinski definition) is 3. The summed E-state index contributed by atoms with van der Waals surface area (Å²) < 4.78 is 7.77. The molecule has 0 unspecified atom stereocenters. The SMILES string of the molecule is c1ccc2ncc(OCc3cn4ccccc4n3)cc2c1. The second kappa shape index (κ2) is 4.90. The van der Waals surface area contributed by atoms with E-state index in [1.807, 2.05) is 65.3 Å². The Morgan fingerprint density at radius 3 is 2.90 bits per heavy atom. The summed E-state index contributed by atoms with van der Waals surface area (Å²) >= 11 is 0. The van der Waals surface area contributed by atoms with E-state index in [-0.39, 0.29) is 0 Å². The molecule has 4 rings (SSSR count). The summed E-state index contributed by atoms with van der Waals surface area (Å²) in [7, 11) is 0. The van der Waals surface area contributed by atoms with Gasteiger partial charge in [0, 0.05) is 17.8 Å². The zero-order valence-corrected chi connectivity index (χ0v) is 11.3. The van der Waals surface area contributed by atoms with Crippen molar-refractivity contribution in [3.63, 3.8) is 0 Å². The number of para-hydroxylation sites is 1. The van der Waals surface area contributed by atoms with Crippen LogP contribution in [-0.2, 0) is 6.61 Å². The van der Waals surface area contributed by atoms with E-state index in [1.54, 1.807) is 6.20 Å². The Morgan fingerprint density at radius 2 is 1.95 bits per heavy atom. The molecule has 0 fully saturated rings. The minimum Gasteiger partial charge on any atom is -0.486 e. The Labute approximate surface area is 121 Å². The first-order chi connectivity index (χ1) is 10.4. The van der Waals surface area contributed by atoms with Crippen molar-refractivity contribution >= 4 is 16.6 Å². The minimum absolute atomic E-state index is 0.432. The van der Waals surface area contributed by atoms with E-state index in [0.29, 0.717) is 6.61 Å². The Bertz CT molecular complexity index is 881. The largest absolute Gasteiger partial charge is 0.486 e. The molecule has 21 heavy (non-hydrogen) atoms. The van der Waals surface area contributed by atoms with Crippen LogP contribution in [-0.4, -0.2) is 14.4 Å². The normalized spacial score (nSPS) is 11.0. The van der Waals surface area contributed by atoms with Crippen molar-refractivity contribution in [2.24, 2.45) is 0 Å². The monoisotopic (exact) mass is 275 g/mol. The van der Waals surface area contributed by atoms with Crippen LogP contribution in [0.1, 0.15) is 5.69 Å². The second-order valence-electron chi connectivity index (χ2n) is 4.85. The lowest BCUT2D eigenvalue weighted by molar-refractivity contribution is 0.301. The molecule has 0 aliphatic rings. The molecular weight excluding hydrogens is 262 g/mol. The summed E-state index contributed by atoms with van der Waals surface area (Å²) in [4.78, 5) is 8.89. The molecule has 0 spiro atoms. The zero-order valence-electron chi connectivity index (χ0n) is 11.3. The molecule has 102 valence electrons. The predicted octanol–water partition coefficient (Wildman–Crippen LogP) is 3.46. The van der Waals surface area contributed by atoms with Gasteiger partial charge in [-0.3, -0.25) is 4.98 Å². The molecule has 0 bridgehead atoms. The van der Waals surface area contributed by atoms with E-state index in [0.717, 1.165) is 28.0 Å². The van der Waals surface area contributed by atoms with Crippen molar-refractivity contribution in [3.8, 4) is 5.75 Å². The molecule has 0 aliphatic carbocycles. The van der Waals surface area contributed by atoms with E-state index < -0.39 is 0 Å². The molecule has 1 aromatic carbocycles. The lowest BCUT2D eigenvalue weighted by Crippen LogP contribution is -1.96. The lowest BCUT2D eigenvalue weighted by Gasteiger charge is -2.04. The van der Waals surface area contributed by atoms with Crippen molar-refractivity contribution in [2.75, 3.05) is 0 Å². The zero-order chi connectivity index (χ0) is 14.1. The first kappa shape index (κ1) is 11.9. The summed E-state index contributed by atoms with van der Waals surface area (Å²) in [5, 5.41) is 1.07. The van der Waals surface area contributed by atoms with Crippen molar-refractivity contribution in [2.45, 2.75) is 6.61 Å². The molecule has 0 saturated heterocycles. The fraction of sp³-hybridized carbons (Fsp3) is 0.0588. The Kier molecular flexibility index (Phi) is 2.78. The predicted molar refractivity (Wildman–Crippen MR) is 81.3 cm³/mol. The topological polar surface area (TPSA) is 39.4 Å². The lowest BCUT2D eigenvalue weighted by atomic mass is 10.2. The van der Waals surface area contributed by atoms with Gasteiger partial charge in [0.1, 0.15) is 18.0 Å². The molecular formula is C17H13N3O. The van der Waals surface area contributed by atoms with Crippen LogP contribution in [0, 0.1) is 0 Å². The van der Waals surface area contributed by atoms with E-state index in [1.165, 1.54) is 0 Å². The van der Waals surface area contributed by atoms with Crippen molar-refractivity contribution < 1.29 is 4.74 Å². The summed E-state index contributed by atoms with van der Waals surface area (Å²) in [5.74, 6) is 0.755. The molecule has 4 nitrogen and oxygen atoms in total. The number of fused-ring (bicyclic) bond motifs is 2. The third-order valence-corrected chi connectivity index (χ3v) is 3.37. The Morgan fingerprint density at radius 1 is 1.05 bits per heavy atom. The van der Waals surface area contributed by atoms with Crippen LogP contribution < -0.4 is 4.74 Å². The molecule has 0 aliphatic heterocycles. The molecule has 3 aromatic heterocycles. The quantitative estimate of drug-likeness (QED) is 0.575. The minimum atomic E-state index is 0.432. The van der Waals surface area contributed by atoms with Gasteiger partial charge in [0.15, 0.2) is 0 Å². The van der Waals surface area contributed by atoms with E-state index >= 15 is 0 Å². The van der Waals surface area contributed by atoms with E-state index in [2.05, 4.69) is 9.97 Å². The molecule has 0 atom stereocenters. The van der Waals surface area contributed by atoms with Gasteiger partial charge in [-0.05, 0) is 24.3 Å². The second-order valence-corrected chi connectivity index (χ2v) is 4.85. The molecule has 4 heteroatoms. The van der Waals surface area contributed by atoms with Gasteiger partial charge in [0.25, 0.3) is 0 Å². The van der Waals surface area contributed by atoms with Crippen molar-refractivity contribution in [1.82, 2.24) is 14.4 Å². The number of imidazole rings is 1. The Balaban J connectivity index is 1.57. The highest BCUT2D eigenvalue weighted by molar-refractivity contribution is 5.79. The number of nitrogens with zero attached hydrogens (tertiary/aromatic N) is 3. The summed E-state index contributed by atoms with van der Waals surface area (Å²) in [6.07, 6.45) is 5.70. The number of aromatic nitrogens is 3. The van der Waals surface area contributed by atoms with E-state index in [4.69, 9.17) is 4.74 Å².